The molecule has 0 bridgehead atoms. The minimum Gasteiger partial charge on any atom is -0.462 e. The molecule has 0 aromatic rings. The standard InChI is InChI=1S/C29H48O2/c1-21-3-13-25(14-4-21)26-15-9-23(10-16-26)7-8-24-11-17-27(18-12-24)29(30)31-28-19-5-22(2)6-20-28/h7-8,21-28H,3-6,9-20H2,1-2H3/b8-7+. The molecule has 0 aromatic heterocycles. The molecule has 0 radical (unpaired) electrons. The molecule has 176 valence electrons. The molecule has 4 fully saturated rings. The lowest BCUT2D eigenvalue weighted by molar-refractivity contribution is -0.157. The van der Waals surface area contributed by atoms with Crippen LogP contribution in [-0.4, -0.2) is 12.1 Å². The van der Waals surface area contributed by atoms with Crippen LogP contribution in [0.15, 0.2) is 12.2 Å². The molecule has 31 heavy (non-hydrogen) atoms. The van der Waals surface area contributed by atoms with E-state index in [1.807, 2.05) is 0 Å². The van der Waals surface area contributed by atoms with Gasteiger partial charge >= 0.3 is 5.97 Å². The largest absolute Gasteiger partial charge is 0.462 e. The van der Waals surface area contributed by atoms with Gasteiger partial charge in [0.05, 0.1) is 5.92 Å². The Hall–Kier alpha value is -0.790. The summed E-state index contributed by atoms with van der Waals surface area (Å²) in [4.78, 5) is 12.6. The Bertz CT molecular complexity index is 564. The lowest BCUT2D eigenvalue weighted by Crippen LogP contribution is -2.29. The summed E-state index contributed by atoms with van der Waals surface area (Å²) in [6.07, 6.45) is 26.0. The van der Waals surface area contributed by atoms with E-state index >= 15 is 0 Å². The zero-order valence-electron chi connectivity index (χ0n) is 20.4. The van der Waals surface area contributed by atoms with Gasteiger partial charge in [0.15, 0.2) is 0 Å². The molecule has 4 aliphatic rings. The van der Waals surface area contributed by atoms with Crippen LogP contribution in [0.5, 0.6) is 0 Å². The molecule has 0 aliphatic heterocycles. The van der Waals surface area contributed by atoms with Crippen LogP contribution in [-0.2, 0) is 9.53 Å². The molecule has 2 heteroatoms. The number of esters is 1. The number of ether oxygens (including phenoxy) is 1. The summed E-state index contributed by atoms with van der Waals surface area (Å²) in [6.45, 7) is 4.75. The molecule has 0 saturated heterocycles. The fourth-order valence-corrected chi connectivity index (χ4v) is 7.04. The van der Waals surface area contributed by atoms with Gasteiger partial charge < -0.3 is 4.74 Å². The van der Waals surface area contributed by atoms with Gasteiger partial charge in [-0.2, -0.15) is 0 Å². The molecule has 0 heterocycles. The first kappa shape index (κ1) is 23.4. The van der Waals surface area contributed by atoms with Crippen molar-refractivity contribution in [3.05, 3.63) is 12.2 Å². The van der Waals surface area contributed by atoms with Gasteiger partial charge in [-0.25, -0.2) is 0 Å². The number of carbonyl (C=O) groups is 1. The molecule has 4 aliphatic carbocycles. The second kappa shape index (κ2) is 11.4. The van der Waals surface area contributed by atoms with Crippen LogP contribution in [0.4, 0.5) is 0 Å². The summed E-state index contributed by atoms with van der Waals surface area (Å²) in [6, 6.07) is 0. The first-order valence-corrected chi connectivity index (χ1v) is 14.0. The summed E-state index contributed by atoms with van der Waals surface area (Å²) < 4.78 is 5.88. The molecule has 4 saturated carbocycles. The smallest absolute Gasteiger partial charge is 0.309 e. The van der Waals surface area contributed by atoms with E-state index in [2.05, 4.69) is 26.0 Å². The van der Waals surface area contributed by atoms with Crippen molar-refractivity contribution >= 4 is 5.97 Å². The number of carbonyl (C=O) groups excluding carboxylic acids is 1. The first-order chi connectivity index (χ1) is 15.1. The minimum atomic E-state index is 0.109. The third-order valence-electron chi connectivity index (χ3n) is 9.55. The van der Waals surface area contributed by atoms with Crippen LogP contribution in [0.3, 0.4) is 0 Å². The van der Waals surface area contributed by atoms with Crippen LogP contribution in [0.1, 0.15) is 117 Å². The van der Waals surface area contributed by atoms with Crippen molar-refractivity contribution in [1.82, 2.24) is 0 Å². The lowest BCUT2D eigenvalue weighted by atomic mass is 9.69. The average molecular weight is 429 g/mol. The zero-order chi connectivity index (χ0) is 21.6. The van der Waals surface area contributed by atoms with Crippen molar-refractivity contribution in [3.63, 3.8) is 0 Å². The lowest BCUT2D eigenvalue weighted by Gasteiger charge is -2.36. The first-order valence-electron chi connectivity index (χ1n) is 14.0. The van der Waals surface area contributed by atoms with Gasteiger partial charge in [0.25, 0.3) is 0 Å². The summed E-state index contributed by atoms with van der Waals surface area (Å²) in [7, 11) is 0. The van der Waals surface area contributed by atoms with Crippen LogP contribution >= 0.6 is 0 Å². The van der Waals surface area contributed by atoms with Crippen LogP contribution in [0.25, 0.3) is 0 Å². The van der Waals surface area contributed by atoms with Crippen molar-refractivity contribution in [3.8, 4) is 0 Å². The maximum absolute atomic E-state index is 12.6. The Kier molecular flexibility index (Phi) is 8.57. The van der Waals surface area contributed by atoms with E-state index in [4.69, 9.17) is 4.74 Å². The van der Waals surface area contributed by atoms with E-state index in [1.165, 1.54) is 77.0 Å². The predicted molar refractivity (Wildman–Crippen MR) is 129 cm³/mol. The number of rotatable bonds is 5. The van der Waals surface area contributed by atoms with E-state index in [0.717, 1.165) is 55.3 Å². The van der Waals surface area contributed by atoms with Gasteiger partial charge in [-0.1, -0.05) is 38.8 Å². The van der Waals surface area contributed by atoms with Crippen LogP contribution in [0, 0.1) is 41.4 Å². The molecule has 0 unspecified atom stereocenters. The predicted octanol–water partition coefficient (Wildman–Crippen LogP) is 8.10. The maximum atomic E-state index is 12.6. The third-order valence-corrected chi connectivity index (χ3v) is 9.55. The maximum Gasteiger partial charge on any atom is 0.309 e. The number of hydrogen-bond acceptors (Lipinski definition) is 2. The van der Waals surface area contributed by atoms with Gasteiger partial charge in [-0.15, -0.1) is 0 Å². The Morgan fingerprint density at radius 1 is 0.581 bits per heavy atom. The van der Waals surface area contributed by atoms with E-state index in [1.54, 1.807) is 0 Å². The second-order valence-corrected chi connectivity index (χ2v) is 12.0. The van der Waals surface area contributed by atoms with Crippen molar-refractivity contribution in [2.75, 3.05) is 0 Å². The van der Waals surface area contributed by atoms with E-state index in [9.17, 15) is 4.79 Å². The van der Waals surface area contributed by atoms with E-state index in [0.29, 0.717) is 5.92 Å². The fourth-order valence-electron chi connectivity index (χ4n) is 7.04. The van der Waals surface area contributed by atoms with Gasteiger partial charge in [0.2, 0.25) is 0 Å². The summed E-state index contributed by atoms with van der Waals surface area (Å²) in [5.74, 6) is 5.62. The van der Waals surface area contributed by atoms with E-state index < -0.39 is 0 Å². The van der Waals surface area contributed by atoms with Crippen molar-refractivity contribution in [1.29, 1.82) is 0 Å². The molecule has 0 spiro atoms. The number of hydrogen-bond donors (Lipinski definition) is 0. The molecule has 0 atom stereocenters. The van der Waals surface area contributed by atoms with Gasteiger partial charge in [-0.05, 0) is 125 Å². The van der Waals surface area contributed by atoms with Crippen molar-refractivity contribution in [2.45, 2.75) is 123 Å². The fraction of sp³-hybridized carbons (Fsp3) is 0.897. The summed E-state index contributed by atoms with van der Waals surface area (Å²) in [5.41, 5.74) is 0. The quantitative estimate of drug-likeness (QED) is 0.326. The molecular weight excluding hydrogens is 380 g/mol. The summed E-state index contributed by atoms with van der Waals surface area (Å²) >= 11 is 0. The molecule has 2 nitrogen and oxygen atoms in total. The van der Waals surface area contributed by atoms with Crippen molar-refractivity contribution in [2.24, 2.45) is 41.4 Å². The topological polar surface area (TPSA) is 26.3 Å². The molecule has 0 N–H and O–H groups in total. The number of allylic oxidation sites excluding steroid dienone is 2. The Morgan fingerprint density at radius 2 is 1.00 bits per heavy atom. The van der Waals surface area contributed by atoms with Gasteiger partial charge in [0, 0.05) is 0 Å². The highest BCUT2D eigenvalue weighted by Gasteiger charge is 2.31. The normalized spacial score (nSPS) is 42.4. The molecule has 0 amide bonds. The zero-order valence-corrected chi connectivity index (χ0v) is 20.4. The Morgan fingerprint density at radius 3 is 1.52 bits per heavy atom. The van der Waals surface area contributed by atoms with Gasteiger partial charge in [0.1, 0.15) is 6.10 Å². The highest BCUT2D eigenvalue weighted by atomic mass is 16.5. The van der Waals surface area contributed by atoms with Crippen LogP contribution < -0.4 is 0 Å². The van der Waals surface area contributed by atoms with E-state index in [-0.39, 0.29) is 18.0 Å². The summed E-state index contributed by atoms with van der Waals surface area (Å²) in [5, 5.41) is 0. The average Bonchev–Trinajstić information content (AvgIpc) is 2.80. The third kappa shape index (κ3) is 6.84. The Labute approximate surface area is 192 Å². The van der Waals surface area contributed by atoms with Gasteiger partial charge in [-0.3, -0.25) is 4.79 Å². The molecule has 0 aromatic carbocycles. The molecular formula is C29H48O2. The SMILES string of the molecule is CC1CCC(OC(=O)C2CCC(/C=C/C3CCC(C4CCC(C)CC4)CC3)CC2)CC1. The highest BCUT2D eigenvalue weighted by molar-refractivity contribution is 5.72. The Balaban J connectivity index is 1.12. The van der Waals surface area contributed by atoms with Crippen LogP contribution in [0.2, 0.25) is 0 Å². The van der Waals surface area contributed by atoms with Crippen molar-refractivity contribution < 1.29 is 9.53 Å². The monoisotopic (exact) mass is 428 g/mol. The highest BCUT2D eigenvalue weighted by Crippen LogP contribution is 2.42. The molecule has 4 rings (SSSR count). The second-order valence-electron chi connectivity index (χ2n) is 12.0. The minimum absolute atomic E-state index is 0.109.